The zero-order chi connectivity index (χ0) is 9.84. The van der Waals surface area contributed by atoms with E-state index in [0.717, 1.165) is 0 Å². The van der Waals surface area contributed by atoms with Crippen LogP contribution in [0.2, 0.25) is 0 Å². The molecule has 2 N–H and O–H groups in total. The van der Waals surface area contributed by atoms with Crippen LogP contribution in [0.3, 0.4) is 0 Å². The molecule has 4 nitrogen and oxygen atoms in total. The highest BCUT2D eigenvalue weighted by molar-refractivity contribution is 9.10. The molecule has 13 heavy (non-hydrogen) atoms. The van der Waals surface area contributed by atoms with E-state index in [1.165, 1.54) is 0 Å². The number of nitrogens with zero attached hydrogens (tertiary/aromatic N) is 2. The molecule has 0 bridgehead atoms. The van der Waals surface area contributed by atoms with Crippen molar-refractivity contribution in [1.82, 2.24) is 4.98 Å². The summed E-state index contributed by atoms with van der Waals surface area (Å²) in [4.78, 5) is 3.92. The number of nitrogens with two attached hydrogens (primary N) is 1. The van der Waals surface area contributed by atoms with Crippen LogP contribution in [-0.4, -0.2) is 11.6 Å². The topological polar surface area (TPSA) is 71.9 Å². The molecule has 0 spiro atoms. The molecule has 0 aliphatic rings. The van der Waals surface area contributed by atoms with Crippen LogP contribution < -0.4 is 10.5 Å². The summed E-state index contributed by atoms with van der Waals surface area (Å²) in [6, 6.07) is 3.47. The fourth-order valence-electron chi connectivity index (χ4n) is 0.833. The molecule has 0 amide bonds. The van der Waals surface area contributed by atoms with Crippen molar-refractivity contribution in [2.45, 2.75) is 6.92 Å². The van der Waals surface area contributed by atoms with Crippen LogP contribution in [-0.2, 0) is 0 Å². The number of ether oxygens (including phenoxy) is 1. The van der Waals surface area contributed by atoms with Gasteiger partial charge in [0.2, 0.25) is 0 Å². The molecule has 68 valence electrons. The van der Waals surface area contributed by atoms with Crippen molar-refractivity contribution < 1.29 is 4.74 Å². The summed E-state index contributed by atoms with van der Waals surface area (Å²) in [5.74, 6) is 0.555. The molecule has 0 unspecified atom stereocenters. The Labute approximate surface area is 84.5 Å². The summed E-state index contributed by atoms with van der Waals surface area (Å²) in [5, 5.41) is 8.61. The second-order valence-electron chi connectivity index (χ2n) is 2.26. The molecule has 1 aromatic heterocycles. The highest BCUT2D eigenvalue weighted by Crippen LogP contribution is 2.26. The minimum atomic E-state index is 0.204. The van der Waals surface area contributed by atoms with Gasteiger partial charge in [0.25, 0.3) is 0 Å². The molecular formula is C8H8BrN3O. The first-order valence-electron chi connectivity index (χ1n) is 3.68. The van der Waals surface area contributed by atoms with Crippen molar-refractivity contribution >= 4 is 21.6 Å². The van der Waals surface area contributed by atoms with Crippen LogP contribution in [0.15, 0.2) is 10.7 Å². The standard InChI is InChI=1S/C8H8BrN3O/c1-2-13-7-3-5(11)6(4-10)12-8(7)9/h3H,2,11H2,1H3. The Morgan fingerprint density at radius 3 is 3.00 bits per heavy atom. The minimum Gasteiger partial charge on any atom is -0.491 e. The maximum atomic E-state index is 8.61. The van der Waals surface area contributed by atoms with Gasteiger partial charge in [0.1, 0.15) is 10.7 Å². The van der Waals surface area contributed by atoms with Gasteiger partial charge >= 0.3 is 0 Å². The van der Waals surface area contributed by atoms with Crippen molar-refractivity contribution in [1.29, 1.82) is 5.26 Å². The average Bonchev–Trinajstić information content (AvgIpc) is 2.11. The Bertz CT molecular complexity index is 359. The lowest BCUT2D eigenvalue weighted by Crippen LogP contribution is -1.99. The van der Waals surface area contributed by atoms with E-state index < -0.39 is 0 Å². The number of aromatic nitrogens is 1. The summed E-state index contributed by atoms with van der Waals surface area (Å²) in [6.07, 6.45) is 0. The molecule has 0 aliphatic heterocycles. The number of halogens is 1. The van der Waals surface area contributed by atoms with Crippen molar-refractivity contribution in [3.63, 3.8) is 0 Å². The number of hydrogen-bond donors (Lipinski definition) is 1. The molecule has 1 rings (SSSR count). The van der Waals surface area contributed by atoms with Crippen LogP contribution in [0.5, 0.6) is 5.75 Å². The van der Waals surface area contributed by atoms with Crippen molar-refractivity contribution in [2.75, 3.05) is 12.3 Å². The second kappa shape index (κ2) is 4.10. The molecule has 0 fully saturated rings. The smallest absolute Gasteiger partial charge is 0.164 e. The summed E-state index contributed by atoms with van der Waals surface area (Å²) in [7, 11) is 0. The number of rotatable bonds is 2. The summed E-state index contributed by atoms with van der Waals surface area (Å²) < 4.78 is 5.72. The predicted molar refractivity (Wildman–Crippen MR) is 52.2 cm³/mol. The third-order valence-electron chi connectivity index (χ3n) is 1.38. The van der Waals surface area contributed by atoms with Crippen molar-refractivity contribution in [2.24, 2.45) is 0 Å². The molecule has 0 aliphatic carbocycles. The number of pyridine rings is 1. The zero-order valence-electron chi connectivity index (χ0n) is 7.04. The van der Waals surface area contributed by atoms with Gasteiger partial charge in [-0.05, 0) is 22.9 Å². The largest absolute Gasteiger partial charge is 0.491 e. The number of nitrogen functional groups attached to an aromatic ring is 1. The lowest BCUT2D eigenvalue weighted by Gasteiger charge is -2.06. The third-order valence-corrected chi connectivity index (χ3v) is 1.95. The molecule has 1 heterocycles. The maximum Gasteiger partial charge on any atom is 0.164 e. The summed E-state index contributed by atoms with van der Waals surface area (Å²) >= 11 is 3.18. The molecule has 0 saturated heterocycles. The first kappa shape index (κ1) is 9.81. The molecule has 0 atom stereocenters. The van der Waals surface area contributed by atoms with Crippen LogP contribution in [0.1, 0.15) is 12.6 Å². The average molecular weight is 242 g/mol. The van der Waals surface area contributed by atoms with E-state index in [4.69, 9.17) is 15.7 Å². The van der Waals surface area contributed by atoms with Crippen LogP contribution in [0.4, 0.5) is 5.69 Å². The first-order valence-corrected chi connectivity index (χ1v) is 4.47. The van der Waals surface area contributed by atoms with E-state index in [1.807, 2.05) is 13.0 Å². The van der Waals surface area contributed by atoms with E-state index in [1.54, 1.807) is 6.07 Å². The van der Waals surface area contributed by atoms with E-state index in [9.17, 15) is 0 Å². The van der Waals surface area contributed by atoms with Crippen molar-refractivity contribution in [3.05, 3.63) is 16.4 Å². The van der Waals surface area contributed by atoms with E-state index in [-0.39, 0.29) is 5.69 Å². The molecule has 5 heteroatoms. The predicted octanol–water partition coefficient (Wildman–Crippen LogP) is 1.70. The van der Waals surface area contributed by atoms with E-state index >= 15 is 0 Å². The summed E-state index contributed by atoms with van der Waals surface area (Å²) in [5.41, 5.74) is 6.08. The highest BCUT2D eigenvalue weighted by Gasteiger charge is 2.07. The Kier molecular flexibility index (Phi) is 3.09. The fraction of sp³-hybridized carbons (Fsp3) is 0.250. The first-order chi connectivity index (χ1) is 6.19. The number of anilines is 1. The Morgan fingerprint density at radius 1 is 1.77 bits per heavy atom. The third kappa shape index (κ3) is 2.10. The van der Waals surface area contributed by atoms with E-state index in [0.29, 0.717) is 22.6 Å². The monoisotopic (exact) mass is 241 g/mol. The lowest BCUT2D eigenvalue weighted by atomic mass is 10.3. The van der Waals surface area contributed by atoms with Crippen LogP contribution >= 0.6 is 15.9 Å². The minimum absolute atomic E-state index is 0.204. The SMILES string of the molecule is CCOc1cc(N)c(C#N)nc1Br. The Balaban J connectivity index is 3.14. The summed E-state index contributed by atoms with van der Waals surface area (Å²) in [6.45, 7) is 2.40. The van der Waals surface area contributed by atoms with E-state index in [2.05, 4.69) is 20.9 Å². The number of hydrogen-bond acceptors (Lipinski definition) is 4. The van der Waals surface area contributed by atoms with Gasteiger partial charge in [-0.1, -0.05) is 0 Å². The van der Waals surface area contributed by atoms with Gasteiger partial charge in [0.15, 0.2) is 11.4 Å². The quantitative estimate of drug-likeness (QED) is 0.801. The molecule has 0 radical (unpaired) electrons. The van der Waals surface area contributed by atoms with Gasteiger partial charge in [-0.15, -0.1) is 0 Å². The van der Waals surface area contributed by atoms with Crippen LogP contribution in [0, 0.1) is 11.3 Å². The molecular weight excluding hydrogens is 234 g/mol. The molecule has 0 saturated carbocycles. The zero-order valence-corrected chi connectivity index (χ0v) is 8.63. The van der Waals surface area contributed by atoms with Crippen molar-refractivity contribution in [3.8, 4) is 11.8 Å². The fourth-order valence-corrected chi connectivity index (χ4v) is 1.24. The second-order valence-corrected chi connectivity index (χ2v) is 3.01. The Morgan fingerprint density at radius 2 is 2.46 bits per heavy atom. The normalized spacial score (nSPS) is 9.31. The Hall–Kier alpha value is -1.28. The molecule has 0 aromatic carbocycles. The van der Waals surface area contributed by atoms with Crippen LogP contribution in [0.25, 0.3) is 0 Å². The lowest BCUT2D eigenvalue weighted by molar-refractivity contribution is 0.336. The van der Waals surface area contributed by atoms with Gasteiger partial charge < -0.3 is 10.5 Å². The van der Waals surface area contributed by atoms with Gasteiger partial charge in [0.05, 0.1) is 12.3 Å². The van der Waals surface area contributed by atoms with Gasteiger partial charge in [0, 0.05) is 6.07 Å². The van der Waals surface area contributed by atoms with Gasteiger partial charge in [-0.2, -0.15) is 5.26 Å². The number of nitriles is 1. The van der Waals surface area contributed by atoms with Gasteiger partial charge in [-0.25, -0.2) is 4.98 Å². The highest BCUT2D eigenvalue weighted by atomic mass is 79.9. The maximum absolute atomic E-state index is 8.61. The van der Waals surface area contributed by atoms with Gasteiger partial charge in [-0.3, -0.25) is 0 Å². The molecule has 1 aromatic rings.